The molecular weight excluding hydrogens is 276 g/mol. The van der Waals surface area contributed by atoms with Gasteiger partial charge in [0.25, 0.3) is 0 Å². The summed E-state index contributed by atoms with van der Waals surface area (Å²) in [5.41, 5.74) is -0.704. The first-order valence-corrected chi connectivity index (χ1v) is 5.26. The lowest BCUT2D eigenvalue weighted by molar-refractivity contribution is -0.137. The summed E-state index contributed by atoms with van der Waals surface area (Å²) < 4.78 is 43.1. The topological polar surface area (TPSA) is 13.1 Å². The number of hydrogen-bond donors (Lipinski definition) is 0. The molecule has 1 nitrogen and oxygen atoms in total. The van der Waals surface area contributed by atoms with E-state index >= 15 is 0 Å². The molecule has 0 radical (unpaired) electrons. The normalized spacial score (nSPS) is 11.8. The van der Waals surface area contributed by atoms with Gasteiger partial charge in [-0.2, -0.15) is 13.2 Å². The molecule has 2 aromatic rings. The number of furan rings is 1. The van der Waals surface area contributed by atoms with Crippen molar-refractivity contribution in [2.45, 2.75) is 6.18 Å². The number of alkyl halides is 3. The Balaban J connectivity index is 2.64. The molecule has 0 amide bonds. The highest BCUT2D eigenvalue weighted by Gasteiger charge is 2.34. The van der Waals surface area contributed by atoms with Gasteiger partial charge < -0.3 is 4.42 Å². The number of benzene rings is 1. The van der Waals surface area contributed by atoms with Crippen molar-refractivity contribution in [2.24, 2.45) is 0 Å². The summed E-state index contributed by atoms with van der Waals surface area (Å²) in [5.74, 6) is 0. The van der Waals surface area contributed by atoms with Gasteiger partial charge >= 0.3 is 6.18 Å². The molecule has 0 aliphatic heterocycles. The van der Waals surface area contributed by atoms with Crippen LogP contribution >= 0.6 is 23.2 Å². The lowest BCUT2D eigenvalue weighted by Crippen LogP contribution is -2.06. The second-order valence-electron chi connectivity index (χ2n) is 3.28. The highest BCUT2D eigenvalue weighted by molar-refractivity contribution is 6.34. The van der Waals surface area contributed by atoms with Crippen molar-refractivity contribution >= 4 is 23.2 Å². The SMILES string of the molecule is FC(F)(F)c1ccccc1-c1cc(Cl)oc1Cl. The van der Waals surface area contributed by atoms with Gasteiger partial charge in [-0.05, 0) is 34.8 Å². The molecule has 6 heteroatoms. The van der Waals surface area contributed by atoms with E-state index < -0.39 is 11.7 Å². The van der Waals surface area contributed by atoms with Gasteiger partial charge in [0.1, 0.15) is 0 Å². The summed E-state index contributed by atoms with van der Waals surface area (Å²) in [6.07, 6.45) is -4.45. The first-order valence-electron chi connectivity index (χ1n) is 4.51. The average Bonchev–Trinajstić information content (AvgIpc) is 2.56. The summed E-state index contributed by atoms with van der Waals surface area (Å²) in [5, 5.41) is -0.214. The van der Waals surface area contributed by atoms with E-state index in [1.165, 1.54) is 24.3 Å². The average molecular weight is 281 g/mol. The van der Waals surface area contributed by atoms with Crippen molar-refractivity contribution in [1.29, 1.82) is 0 Å². The van der Waals surface area contributed by atoms with Gasteiger partial charge in [0.15, 0.2) is 5.22 Å². The lowest BCUT2D eigenvalue weighted by atomic mass is 10.0. The lowest BCUT2D eigenvalue weighted by Gasteiger charge is -2.11. The Morgan fingerprint density at radius 1 is 1.00 bits per heavy atom. The van der Waals surface area contributed by atoms with E-state index in [1.54, 1.807) is 0 Å². The molecule has 0 bridgehead atoms. The standard InChI is InChI=1S/C11H5Cl2F3O/c12-9-5-7(10(13)17-9)6-3-1-2-4-8(6)11(14,15)16/h1-5H. The van der Waals surface area contributed by atoms with Crippen LogP contribution in [0.5, 0.6) is 0 Å². The van der Waals surface area contributed by atoms with Crippen LogP contribution in [0.2, 0.25) is 10.4 Å². The fraction of sp³-hybridized carbons (Fsp3) is 0.0909. The monoisotopic (exact) mass is 280 g/mol. The third kappa shape index (κ3) is 2.42. The molecule has 0 unspecified atom stereocenters. The van der Waals surface area contributed by atoms with Crippen LogP contribution in [0.25, 0.3) is 11.1 Å². The Morgan fingerprint density at radius 2 is 1.65 bits per heavy atom. The third-order valence-corrected chi connectivity index (χ3v) is 2.65. The Morgan fingerprint density at radius 3 is 2.18 bits per heavy atom. The number of rotatable bonds is 1. The number of hydrogen-bond acceptors (Lipinski definition) is 1. The van der Waals surface area contributed by atoms with Crippen LogP contribution in [0.3, 0.4) is 0 Å². The smallest absolute Gasteiger partial charge is 0.417 e. The van der Waals surface area contributed by atoms with Gasteiger partial charge in [-0.15, -0.1) is 0 Å². The van der Waals surface area contributed by atoms with Gasteiger partial charge in [0.05, 0.1) is 5.56 Å². The van der Waals surface area contributed by atoms with Crippen molar-refractivity contribution < 1.29 is 17.6 Å². The molecule has 0 aliphatic rings. The molecule has 1 aromatic carbocycles. The van der Waals surface area contributed by atoms with Crippen LogP contribution in [-0.2, 0) is 6.18 Å². The van der Waals surface area contributed by atoms with Crippen LogP contribution in [0.1, 0.15) is 5.56 Å². The quantitative estimate of drug-likeness (QED) is 0.693. The van der Waals surface area contributed by atoms with E-state index in [0.29, 0.717) is 0 Å². The Labute approximate surface area is 105 Å². The molecule has 0 aliphatic carbocycles. The molecule has 0 spiro atoms. The highest BCUT2D eigenvalue weighted by Crippen LogP contribution is 2.41. The predicted molar refractivity (Wildman–Crippen MR) is 59.2 cm³/mol. The molecule has 90 valence electrons. The summed E-state index contributed by atoms with van der Waals surface area (Å²) in [4.78, 5) is 0. The highest BCUT2D eigenvalue weighted by atomic mass is 35.5. The molecule has 0 saturated carbocycles. The van der Waals surface area contributed by atoms with Crippen molar-refractivity contribution in [3.63, 3.8) is 0 Å². The first kappa shape index (κ1) is 12.3. The van der Waals surface area contributed by atoms with Gasteiger partial charge in [-0.25, -0.2) is 0 Å². The Kier molecular flexibility index (Phi) is 3.10. The number of halogens is 5. The van der Waals surface area contributed by atoms with Crippen LogP contribution in [0, 0.1) is 0 Å². The molecular formula is C11H5Cl2F3O. The van der Waals surface area contributed by atoms with Crippen LogP contribution in [0.15, 0.2) is 34.7 Å². The summed E-state index contributed by atoms with van der Waals surface area (Å²) >= 11 is 11.2. The first-order chi connectivity index (χ1) is 7.89. The van der Waals surface area contributed by atoms with E-state index in [0.717, 1.165) is 6.07 Å². The largest absolute Gasteiger partial charge is 0.433 e. The maximum Gasteiger partial charge on any atom is 0.417 e. The molecule has 0 fully saturated rings. The second-order valence-corrected chi connectivity index (χ2v) is 4.00. The summed E-state index contributed by atoms with van der Waals surface area (Å²) in [6, 6.07) is 6.35. The van der Waals surface area contributed by atoms with Crippen molar-refractivity contribution in [1.82, 2.24) is 0 Å². The van der Waals surface area contributed by atoms with Crippen LogP contribution in [-0.4, -0.2) is 0 Å². The maximum atomic E-state index is 12.8. The Hall–Kier alpha value is -1.13. The molecule has 0 N–H and O–H groups in total. The maximum absolute atomic E-state index is 12.8. The molecule has 1 heterocycles. The van der Waals surface area contributed by atoms with Gasteiger partial charge in [-0.1, -0.05) is 18.2 Å². The minimum absolute atomic E-state index is 0.0537. The second kappa shape index (κ2) is 4.27. The van der Waals surface area contributed by atoms with E-state index in [9.17, 15) is 13.2 Å². The fourth-order valence-electron chi connectivity index (χ4n) is 1.49. The molecule has 0 saturated heterocycles. The fourth-order valence-corrected chi connectivity index (χ4v) is 1.95. The van der Waals surface area contributed by atoms with Crippen LogP contribution < -0.4 is 0 Å². The van der Waals surface area contributed by atoms with Crippen molar-refractivity contribution in [2.75, 3.05) is 0 Å². The zero-order chi connectivity index (χ0) is 12.6. The van der Waals surface area contributed by atoms with Gasteiger partial charge in [-0.3, -0.25) is 0 Å². The predicted octanol–water partition coefficient (Wildman–Crippen LogP) is 5.27. The van der Waals surface area contributed by atoms with Crippen molar-refractivity contribution in [3.05, 3.63) is 46.3 Å². The minimum atomic E-state index is -4.45. The van der Waals surface area contributed by atoms with Gasteiger partial charge in [0, 0.05) is 11.6 Å². The van der Waals surface area contributed by atoms with Crippen molar-refractivity contribution in [3.8, 4) is 11.1 Å². The summed E-state index contributed by atoms with van der Waals surface area (Å²) in [6.45, 7) is 0. The van der Waals surface area contributed by atoms with Gasteiger partial charge in [0.2, 0.25) is 5.22 Å². The summed E-state index contributed by atoms with van der Waals surface area (Å²) in [7, 11) is 0. The molecule has 17 heavy (non-hydrogen) atoms. The van der Waals surface area contributed by atoms with E-state index in [2.05, 4.69) is 0 Å². The van der Waals surface area contributed by atoms with E-state index in [4.69, 9.17) is 27.6 Å². The minimum Gasteiger partial charge on any atom is -0.433 e. The zero-order valence-corrected chi connectivity index (χ0v) is 9.70. The Bertz CT molecular complexity index is 546. The molecule has 2 rings (SSSR count). The van der Waals surface area contributed by atoms with E-state index in [1.807, 2.05) is 0 Å². The zero-order valence-electron chi connectivity index (χ0n) is 8.18. The van der Waals surface area contributed by atoms with Crippen LogP contribution in [0.4, 0.5) is 13.2 Å². The molecule has 0 atom stereocenters. The molecule has 1 aromatic heterocycles. The van der Waals surface area contributed by atoms with E-state index in [-0.39, 0.29) is 21.6 Å². The third-order valence-electron chi connectivity index (χ3n) is 2.18.